The smallest absolute Gasteiger partial charge is 0.131 e. The second kappa shape index (κ2) is 4.91. The molecule has 0 atom stereocenters. The van der Waals surface area contributed by atoms with Crippen LogP contribution in [-0.4, -0.2) is 30.6 Å². The van der Waals surface area contributed by atoms with Crippen LogP contribution in [0.25, 0.3) is 0 Å². The summed E-state index contributed by atoms with van der Waals surface area (Å²) >= 11 is 0. The summed E-state index contributed by atoms with van der Waals surface area (Å²) in [6.07, 6.45) is 1.91. The summed E-state index contributed by atoms with van der Waals surface area (Å²) in [7, 11) is 3.96. The molecule has 0 amide bonds. The molecule has 0 aliphatic rings. The number of hydrogen-bond donors (Lipinski definition) is 1. The third kappa shape index (κ3) is 2.96. The molecular weight excluding hydrogens is 176 g/mol. The van der Waals surface area contributed by atoms with Crippen molar-refractivity contribution in [1.82, 2.24) is 9.97 Å². The Morgan fingerprint density at radius 1 is 1.36 bits per heavy atom. The number of hydrogen-bond acceptors (Lipinski definition) is 4. The number of nitrogens with two attached hydrogens (primary N) is 1. The van der Waals surface area contributed by atoms with E-state index in [1.54, 1.807) is 0 Å². The largest absolute Gasteiger partial charge is 0.363 e. The van der Waals surface area contributed by atoms with Crippen molar-refractivity contribution in [2.45, 2.75) is 19.8 Å². The maximum absolute atomic E-state index is 5.46. The van der Waals surface area contributed by atoms with Crippen LogP contribution in [0.15, 0.2) is 6.07 Å². The first-order valence-electron chi connectivity index (χ1n) is 4.85. The fourth-order valence-corrected chi connectivity index (χ4v) is 1.25. The molecule has 0 saturated carbocycles. The molecular formula is C10H18N4. The topological polar surface area (TPSA) is 55.0 Å². The molecule has 0 aliphatic heterocycles. The van der Waals surface area contributed by atoms with Crippen LogP contribution in [0, 0.1) is 6.92 Å². The second-order valence-electron chi connectivity index (χ2n) is 3.55. The van der Waals surface area contributed by atoms with Crippen LogP contribution >= 0.6 is 0 Å². The Balaban J connectivity index is 2.84. The van der Waals surface area contributed by atoms with Gasteiger partial charge in [0.1, 0.15) is 11.6 Å². The summed E-state index contributed by atoms with van der Waals surface area (Å²) in [5.74, 6) is 1.78. The van der Waals surface area contributed by atoms with Gasteiger partial charge in [-0.2, -0.15) is 0 Å². The van der Waals surface area contributed by atoms with Crippen molar-refractivity contribution in [3.63, 3.8) is 0 Å². The molecule has 0 bridgehead atoms. The van der Waals surface area contributed by atoms with Crippen LogP contribution < -0.4 is 10.6 Å². The van der Waals surface area contributed by atoms with Crippen LogP contribution in [0.4, 0.5) is 5.82 Å². The van der Waals surface area contributed by atoms with Gasteiger partial charge in [-0.1, -0.05) is 0 Å². The minimum absolute atomic E-state index is 0.709. The molecule has 0 radical (unpaired) electrons. The van der Waals surface area contributed by atoms with Crippen molar-refractivity contribution >= 4 is 5.82 Å². The molecule has 0 unspecified atom stereocenters. The molecule has 78 valence electrons. The van der Waals surface area contributed by atoms with Gasteiger partial charge >= 0.3 is 0 Å². The van der Waals surface area contributed by atoms with E-state index >= 15 is 0 Å². The standard InChI is InChI=1S/C10H18N4/c1-8-12-9(5-4-6-11)7-10(13-8)14(2)3/h7H,4-6,11H2,1-3H3. The molecule has 2 N–H and O–H groups in total. The van der Waals surface area contributed by atoms with E-state index in [1.807, 2.05) is 32.0 Å². The zero-order valence-corrected chi connectivity index (χ0v) is 9.12. The lowest BCUT2D eigenvalue weighted by molar-refractivity contribution is 0.796. The Bertz CT molecular complexity index is 296. The Labute approximate surface area is 85.2 Å². The summed E-state index contributed by atoms with van der Waals surface area (Å²) < 4.78 is 0. The summed E-state index contributed by atoms with van der Waals surface area (Å²) in [4.78, 5) is 10.7. The first kappa shape index (κ1) is 10.9. The lowest BCUT2D eigenvalue weighted by Crippen LogP contribution is -2.13. The average molecular weight is 194 g/mol. The highest BCUT2D eigenvalue weighted by molar-refractivity contribution is 5.37. The molecule has 1 rings (SSSR count). The Hall–Kier alpha value is -1.16. The van der Waals surface area contributed by atoms with Gasteiger partial charge in [-0.3, -0.25) is 0 Å². The van der Waals surface area contributed by atoms with E-state index in [9.17, 15) is 0 Å². The number of aryl methyl sites for hydroxylation is 2. The van der Waals surface area contributed by atoms with Gasteiger partial charge in [0.15, 0.2) is 0 Å². The Kier molecular flexibility index (Phi) is 3.83. The lowest BCUT2D eigenvalue weighted by Gasteiger charge is -2.12. The van der Waals surface area contributed by atoms with Gasteiger partial charge in [-0.25, -0.2) is 9.97 Å². The van der Waals surface area contributed by atoms with E-state index in [-0.39, 0.29) is 0 Å². The van der Waals surface area contributed by atoms with Crippen molar-refractivity contribution in [2.24, 2.45) is 5.73 Å². The van der Waals surface area contributed by atoms with Gasteiger partial charge in [0.05, 0.1) is 0 Å². The van der Waals surface area contributed by atoms with Crippen LogP contribution in [-0.2, 0) is 6.42 Å². The van der Waals surface area contributed by atoms with E-state index in [4.69, 9.17) is 5.73 Å². The molecule has 4 nitrogen and oxygen atoms in total. The highest BCUT2D eigenvalue weighted by atomic mass is 15.1. The van der Waals surface area contributed by atoms with E-state index < -0.39 is 0 Å². The van der Waals surface area contributed by atoms with Crippen LogP contribution in [0.3, 0.4) is 0 Å². The van der Waals surface area contributed by atoms with Crippen molar-refractivity contribution in [1.29, 1.82) is 0 Å². The zero-order valence-electron chi connectivity index (χ0n) is 9.12. The average Bonchev–Trinajstić information content (AvgIpc) is 2.14. The van der Waals surface area contributed by atoms with Crippen LogP contribution in [0.1, 0.15) is 17.9 Å². The summed E-state index contributed by atoms with van der Waals surface area (Å²) in [6.45, 7) is 2.62. The van der Waals surface area contributed by atoms with Crippen molar-refractivity contribution < 1.29 is 0 Å². The highest BCUT2D eigenvalue weighted by Gasteiger charge is 2.02. The SMILES string of the molecule is Cc1nc(CCCN)cc(N(C)C)n1. The first-order valence-corrected chi connectivity index (χ1v) is 4.85. The van der Waals surface area contributed by atoms with E-state index in [0.717, 1.165) is 30.2 Å². The molecule has 0 aromatic carbocycles. The molecule has 0 spiro atoms. The van der Waals surface area contributed by atoms with Crippen molar-refractivity contribution in [3.8, 4) is 0 Å². The molecule has 0 fully saturated rings. The molecule has 1 aromatic rings. The minimum Gasteiger partial charge on any atom is -0.363 e. The maximum Gasteiger partial charge on any atom is 0.131 e. The first-order chi connectivity index (χ1) is 6.63. The van der Waals surface area contributed by atoms with Gasteiger partial charge in [0.2, 0.25) is 0 Å². The van der Waals surface area contributed by atoms with E-state index in [0.29, 0.717) is 6.54 Å². The van der Waals surface area contributed by atoms with Crippen molar-refractivity contribution in [2.75, 3.05) is 25.5 Å². The zero-order chi connectivity index (χ0) is 10.6. The third-order valence-electron chi connectivity index (χ3n) is 1.97. The maximum atomic E-state index is 5.46. The normalized spacial score (nSPS) is 10.3. The summed E-state index contributed by atoms with van der Waals surface area (Å²) in [5, 5.41) is 0. The molecule has 14 heavy (non-hydrogen) atoms. The number of aromatic nitrogens is 2. The molecule has 1 heterocycles. The predicted molar refractivity (Wildman–Crippen MR) is 58.5 cm³/mol. The Morgan fingerprint density at radius 3 is 2.64 bits per heavy atom. The van der Waals surface area contributed by atoms with Crippen LogP contribution in [0.5, 0.6) is 0 Å². The Morgan fingerprint density at radius 2 is 2.07 bits per heavy atom. The molecule has 0 saturated heterocycles. The quantitative estimate of drug-likeness (QED) is 0.768. The lowest BCUT2D eigenvalue weighted by atomic mass is 10.2. The van der Waals surface area contributed by atoms with Gasteiger partial charge in [-0.15, -0.1) is 0 Å². The molecule has 1 aromatic heterocycles. The van der Waals surface area contributed by atoms with Gasteiger partial charge in [0, 0.05) is 25.9 Å². The minimum atomic E-state index is 0.709. The number of nitrogens with zero attached hydrogens (tertiary/aromatic N) is 3. The van der Waals surface area contributed by atoms with Crippen molar-refractivity contribution in [3.05, 3.63) is 17.6 Å². The van der Waals surface area contributed by atoms with Gasteiger partial charge in [0.25, 0.3) is 0 Å². The molecule has 4 heteroatoms. The van der Waals surface area contributed by atoms with Gasteiger partial charge in [-0.05, 0) is 26.3 Å². The fourth-order valence-electron chi connectivity index (χ4n) is 1.25. The second-order valence-corrected chi connectivity index (χ2v) is 3.55. The molecule has 0 aliphatic carbocycles. The van der Waals surface area contributed by atoms with E-state index in [2.05, 4.69) is 9.97 Å². The van der Waals surface area contributed by atoms with Crippen LogP contribution in [0.2, 0.25) is 0 Å². The number of anilines is 1. The monoisotopic (exact) mass is 194 g/mol. The predicted octanol–water partition coefficient (Wildman–Crippen LogP) is 0.742. The number of rotatable bonds is 4. The fraction of sp³-hybridized carbons (Fsp3) is 0.600. The highest BCUT2D eigenvalue weighted by Crippen LogP contribution is 2.10. The summed E-state index contributed by atoms with van der Waals surface area (Å²) in [6, 6.07) is 2.02. The third-order valence-corrected chi connectivity index (χ3v) is 1.97. The summed E-state index contributed by atoms with van der Waals surface area (Å²) in [5.41, 5.74) is 6.53. The van der Waals surface area contributed by atoms with Gasteiger partial charge < -0.3 is 10.6 Å². The van der Waals surface area contributed by atoms with E-state index in [1.165, 1.54) is 0 Å².